The molecule has 7 nitrogen and oxygen atoms in total. The lowest BCUT2D eigenvalue weighted by molar-refractivity contribution is 0.0684. The second kappa shape index (κ2) is 7.15. The van der Waals surface area contributed by atoms with Crippen molar-refractivity contribution in [2.75, 3.05) is 20.2 Å². The van der Waals surface area contributed by atoms with Crippen molar-refractivity contribution >= 4 is 11.9 Å². The van der Waals surface area contributed by atoms with Gasteiger partial charge in [-0.1, -0.05) is 0 Å². The first-order valence-corrected chi connectivity index (χ1v) is 8.32. The first kappa shape index (κ1) is 17.9. The Morgan fingerprint density at radius 3 is 2.54 bits per heavy atom. The molecule has 1 aromatic heterocycles. The molecule has 1 amide bonds. The van der Waals surface area contributed by atoms with Crippen LogP contribution in [0.5, 0.6) is 5.75 Å². The Bertz CT molecular complexity index is 841. The largest absolute Gasteiger partial charge is 0.496 e. The summed E-state index contributed by atoms with van der Waals surface area (Å²) in [4.78, 5) is 25.5. The van der Waals surface area contributed by atoms with E-state index in [4.69, 9.17) is 9.84 Å². The number of methoxy groups -OCH3 is 1. The summed E-state index contributed by atoms with van der Waals surface area (Å²) in [5, 5.41) is 13.3. The zero-order valence-corrected chi connectivity index (χ0v) is 14.6. The second-order valence-corrected chi connectivity index (χ2v) is 6.26. The lowest BCUT2D eigenvalue weighted by Crippen LogP contribution is -2.39. The highest BCUT2D eigenvalue weighted by Crippen LogP contribution is 2.27. The van der Waals surface area contributed by atoms with E-state index in [2.05, 4.69) is 5.10 Å². The minimum absolute atomic E-state index is 0.0292. The van der Waals surface area contributed by atoms with Crippen LogP contribution in [-0.4, -0.2) is 51.9 Å². The van der Waals surface area contributed by atoms with Crippen molar-refractivity contribution in [3.05, 3.63) is 47.0 Å². The third-order valence-electron chi connectivity index (χ3n) is 4.76. The van der Waals surface area contributed by atoms with Crippen LogP contribution in [0.1, 0.15) is 45.3 Å². The number of likely N-dealkylation sites (tertiary alicyclic amines) is 1. The molecule has 2 aromatic rings. The van der Waals surface area contributed by atoms with Crippen LogP contribution in [0.15, 0.2) is 24.4 Å². The Hall–Kier alpha value is -2.90. The van der Waals surface area contributed by atoms with Gasteiger partial charge in [-0.25, -0.2) is 9.18 Å². The molecule has 0 atom stereocenters. The molecule has 138 valence electrons. The zero-order chi connectivity index (χ0) is 18.8. The maximum absolute atomic E-state index is 13.5. The van der Waals surface area contributed by atoms with E-state index >= 15 is 0 Å². The highest BCUT2D eigenvalue weighted by molar-refractivity contribution is 5.97. The molecule has 1 aliphatic heterocycles. The van der Waals surface area contributed by atoms with Crippen molar-refractivity contribution in [2.45, 2.75) is 25.8 Å². The third-order valence-corrected chi connectivity index (χ3v) is 4.76. The van der Waals surface area contributed by atoms with Crippen molar-refractivity contribution in [3.8, 4) is 5.75 Å². The number of amides is 1. The van der Waals surface area contributed by atoms with E-state index in [0.29, 0.717) is 37.4 Å². The van der Waals surface area contributed by atoms with E-state index in [1.807, 2.05) is 0 Å². The van der Waals surface area contributed by atoms with Crippen LogP contribution in [0.25, 0.3) is 0 Å². The number of aromatic nitrogens is 2. The smallest absolute Gasteiger partial charge is 0.339 e. The van der Waals surface area contributed by atoms with Crippen LogP contribution >= 0.6 is 0 Å². The molecular formula is C18H20FN3O4. The van der Waals surface area contributed by atoms with Gasteiger partial charge in [-0.15, -0.1) is 0 Å². The second-order valence-electron chi connectivity index (χ2n) is 6.26. The number of ether oxygens (including phenoxy) is 1. The van der Waals surface area contributed by atoms with E-state index in [0.717, 1.165) is 0 Å². The van der Waals surface area contributed by atoms with E-state index in [9.17, 15) is 14.0 Å². The number of carboxylic acids is 1. The number of nitrogens with zero attached hydrogens (tertiary/aromatic N) is 3. The Morgan fingerprint density at radius 2 is 1.96 bits per heavy atom. The van der Waals surface area contributed by atoms with Gasteiger partial charge in [0.15, 0.2) is 0 Å². The molecule has 3 rings (SSSR count). The molecular weight excluding hydrogens is 341 g/mol. The summed E-state index contributed by atoms with van der Waals surface area (Å²) >= 11 is 0. The monoisotopic (exact) mass is 361 g/mol. The molecule has 0 radical (unpaired) electrons. The molecule has 1 saturated heterocycles. The van der Waals surface area contributed by atoms with Crippen LogP contribution < -0.4 is 4.74 Å². The van der Waals surface area contributed by atoms with Crippen molar-refractivity contribution in [3.63, 3.8) is 0 Å². The average Bonchev–Trinajstić information content (AvgIpc) is 3.03. The number of hydrogen-bond donors (Lipinski definition) is 1. The summed E-state index contributed by atoms with van der Waals surface area (Å²) in [7, 11) is 1.44. The molecule has 0 spiro atoms. The highest BCUT2D eigenvalue weighted by atomic mass is 19.1. The molecule has 0 saturated carbocycles. The van der Waals surface area contributed by atoms with Crippen molar-refractivity contribution in [1.82, 2.24) is 14.7 Å². The molecule has 26 heavy (non-hydrogen) atoms. The first-order chi connectivity index (χ1) is 12.4. The number of carboxylic acid groups (broad SMARTS) is 1. The number of piperidine rings is 1. The van der Waals surface area contributed by atoms with Gasteiger partial charge in [0.25, 0.3) is 5.91 Å². The Morgan fingerprint density at radius 1 is 1.27 bits per heavy atom. The van der Waals surface area contributed by atoms with Crippen molar-refractivity contribution in [2.24, 2.45) is 0 Å². The maximum Gasteiger partial charge on any atom is 0.339 e. The molecule has 1 fully saturated rings. The summed E-state index contributed by atoms with van der Waals surface area (Å²) < 4.78 is 20.4. The molecule has 0 bridgehead atoms. The molecule has 1 aliphatic rings. The molecule has 2 heterocycles. The fraction of sp³-hybridized carbons (Fsp3) is 0.389. The van der Waals surface area contributed by atoms with E-state index in [1.54, 1.807) is 16.5 Å². The number of halogens is 1. The van der Waals surface area contributed by atoms with E-state index < -0.39 is 11.8 Å². The SMILES string of the molecule is COc1ccc(F)cc1C(=O)N1CCC(n2ncc(C(=O)O)c2C)CC1. The fourth-order valence-corrected chi connectivity index (χ4v) is 3.33. The summed E-state index contributed by atoms with van der Waals surface area (Å²) in [6.07, 6.45) is 2.64. The summed E-state index contributed by atoms with van der Waals surface area (Å²) in [6, 6.07) is 3.91. The Kier molecular flexibility index (Phi) is 4.92. The predicted molar refractivity (Wildman–Crippen MR) is 91.0 cm³/mol. The minimum atomic E-state index is -1.00. The van der Waals surface area contributed by atoms with Gasteiger partial charge in [-0.2, -0.15) is 5.10 Å². The predicted octanol–water partition coefficient (Wildman–Crippen LogP) is 2.51. The van der Waals surface area contributed by atoms with Gasteiger partial charge in [0.2, 0.25) is 0 Å². The molecule has 0 unspecified atom stereocenters. The topological polar surface area (TPSA) is 84.7 Å². The average molecular weight is 361 g/mol. The van der Waals surface area contributed by atoms with Crippen molar-refractivity contribution < 1.29 is 23.8 Å². The van der Waals surface area contributed by atoms with Crippen LogP contribution in [0, 0.1) is 12.7 Å². The number of aromatic carboxylic acids is 1. The van der Waals surface area contributed by atoms with Crippen LogP contribution in [-0.2, 0) is 0 Å². The van der Waals surface area contributed by atoms with E-state index in [-0.39, 0.29) is 23.1 Å². The quantitative estimate of drug-likeness (QED) is 0.904. The number of benzene rings is 1. The maximum atomic E-state index is 13.5. The highest BCUT2D eigenvalue weighted by Gasteiger charge is 2.28. The summed E-state index contributed by atoms with van der Waals surface area (Å²) in [5.74, 6) is -1.42. The number of hydrogen-bond acceptors (Lipinski definition) is 4. The lowest BCUT2D eigenvalue weighted by Gasteiger charge is -2.33. The lowest BCUT2D eigenvalue weighted by atomic mass is 10.0. The number of rotatable bonds is 4. The zero-order valence-electron chi connectivity index (χ0n) is 14.6. The summed E-state index contributed by atoms with van der Waals surface area (Å²) in [6.45, 7) is 2.68. The molecule has 1 aromatic carbocycles. The Labute approximate surface area is 150 Å². The van der Waals surface area contributed by atoms with Gasteiger partial charge in [-0.3, -0.25) is 9.48 Å². The van der Waals surface area contributed by atoms with Gasteiger partial charge in [0.05, 0.1) is 30.6 Å². The first-order valence-electron chi connectivity index (χ1n) is 8.32. The van der Waals surface area contributed by atoms with Crippen molar-refractivity contribution in [1.29, 1.82) is 0 Å². The molecule has 8 heteroatoms. The fourth-order valence-electron chi connectivity index (χ4n) is 3.33. The number of carbonyl (C=O) groups is 2. The number of carbonyl (C=O) groups excluding carboxylic acids is 1. The van der Waals surface area contributed by atoms with Crippen LogP contribution in [0.3, 0.4) is 0 Å². The molecule has 0 aliphatic carbocycles. The van der Waals surface area contributed by atoms with Crippen LogP contribution in [0.2, 0.25) is 0 Å². The standard InChI is InChI=1S/C18H20FN3O4/c1-11-15(18(24)25)10-20-22(11)13-5-7-21(8-6-13)17(23)14-9-12(19)3-4-16(14)26-2/h3-4,9-10,13H,5-8H2,1-2H3,(H,24,25). The Balaban J connectivity index is 1.72. The van der Waals surface area contributed by atoms with Gasteiger partial charge in [0.1, 0.15) is 17.1 Å². The normalized spacial score (nSPS) is 15.1. The molecule has 1 N–H and O–H groups in total. The summed E-state index contributed by atoms with van der Waals surface area (Å²) in [5.41, 5.74) is 0.997. The van der Waals surface area contributed by atoms with Gasteiger partial charge in [-0.05, 0) is 38.0 Å². The third kappa shape index (κ3) is 3.26. The van der Waals surface area contributed by atoms with Crippen LogP contribution in [0.4, 0.5) is 4.39 Å². The van der Waals surface area contributed by atoms with Gasteiger partial charge < -0.3 is 14.7 Å². The van der Waals surface area contributed by atoms with Gasteiger partial charge >= 0.3 is 5.97 Å². The minimum Gasteiger partial charge on any atom is -0.496 e. The van der Waals surface area contributed by atoms with E-state index in [1.165, 1.54) is 31.5 Å². The van der Waals surface area contributed by atoms with Gasteiger partial charge in [0, 0.05) is 13.1 Å².